The molecule has 2 N–H and O–H groups in total. The second-order valence-corrected chi connectivity index (χ2v) is 4.02. The maximum absolute atomic E-state index is 12.7. The minimum atomic E-state index is -0.874. The third kappa shape index (κ3) is 3.59. The minimum absolute atomic E-state index is 0.0549. The Kier molecular flexibility index (Phi) is 4.20. The number of nitrogens with one attached hydrogen (secondary N) is 1. The number of aliphatic hydroxyl groups is 1. The molecule has 1 unspecified atom stereocenters. The van der Waals surface area contributed by atoms with E-state index in [0.717, 1.165) is 0 Å². The first-order valence-corrected chi connectivity index (χ1v) is 5.78. The van der Waals surface area contributed by atoms with E-state index in [2.05, 4.69) is 10.3 Å². The Morgan fingerprint density at radius 3 is 2.68 bits per heavy atom. The van der Waals surface area contributed by atoms with Crippen LogP contribution in [0.25, 0.3) is 0 Å². The van der Waals surface area contributed by atoms with Crippen molar-refractivity contribution in [1.82, 2.24) is 10.3 Å². The second kappa shape index (κ2) is 6.06. The molecule has 1 amide bonds. The van der Waals surface area contributed by atoms with Crippen LogP contribution in [0.3, 0.4) is 0 Å². The normalized spacial score (nSPS) is 11.9. The topological polar surface area (TPSA) is 62.2 Å². The van der Waals surface area contributed by atoms with E-state index in [1.165, 1.54) is 30.5 Å². The maximum Gasteiger partial charge on any atom is 0.252 e. The highest BCUT2D eigenvalue weighted by Gasteiger charge is 2.10. The summed E-state index contributed by atoms with van der Waals surface area (Å²) in [7, 11) is 0. The molecule has 1 aromatic carbocycles. The smallest absolute Gasteiger partial charge is 0.252 e. The van der Waals surface area contributed by atoms with Gasteiger partial charge in [0.05, 0.1) is 11.7 Å². The Morgan fingerprint density at radius 1 is 1.32 bits per heavy atom. The van der Waals surface area contributed by atoms with Gasteiger partial charge in [0.1, 0.15) is 5.82 Å². The monoisotopic (exact) mass is 260 g/mol. The van der Waals surface area contributed by atoms with Crippen LogP contribution in [0.4, 0.5) is 4.39 Å². The summed E-state index contributed by atoms with van der Waals surface area (Å²) in [6.45, 7) is 0.0549. The summed E-state index contributed by atoms with van der Waals surface area (Å²) in [5, 5.41) is 12.4. The predicted octanol–water partition coefficient (Wildman–Crippen LogP) is 1.68. The van der Waals surface area contributed by atoms with Crippen molar-refractivity contribution >= 4 is 5.91 Å². The van der Waals surface area contributed by atoms with E-state index in [1.54, 1.807) is 18.3 Å². The number of aliphatic hydroxyl groups excluding tert-OH is 1. The van der Waals surface area contributed by atoms with Crippen LogP contribution in [-0.4, -0.2) is 22.5 Å². The lowest BCUT2D eigenvalue weighted by atomic mass is 10.1. The lowest BCUT2D eigenvalue weighted by molar-refractivity contribution is 0.0916. The number of hydrogen-bond donors (Lipinski definition) is 2. The lowest BCUT2D eigenvalue weighted by Gasteiger charge is -2.12. The van der Waals surface area contributed by atoms with Gasteiger partial charge >= 0.3 is 0 Å². The molecular formula is C14H13FN2O2. The van der Waals surface area contributed by atoms with Crippen LogP contribution in [0.5, 0.6) is 0 Å². The van der Waals surface area contributed by atoms with Gasteiger partial charge < -0.3 is 10.4 Å². The SMILES string of the molecule is O=C(NCC(O)c1ccc(F)cc1)c1cccnc1. The van der Waals surface area contributed by atoms with Gasteiger partial charge in [-0.25, -0.2) is 4.39 Å². The minimum Gasteiger partial charge on any atom is -0.387 e. The van der Waals surface area contributed by atoms with Crippen molar-refractivity contribution in [3.8, 4) is 0 Å². The molecule has 98 valence electrons. The third-order valence-electron chi connectivity index (χ3n) is 2.63. The largest absolute Gasteiger partial charge is 0.387 e. The molecule has 2 aromatic rings. The second-order valence-electron chi connectivity index (χ2n) is 4.02. The first-order chi connectivity index (χ1) is 9.16. The van der Waals surface area contributed by atoms with Gasteiger partial charge in [0.2, 0.25) is 0 Å². The highest BCUT2D eigenvalue weighted by Crippen LogP contribution is 2.12. The summed E-state index contributed by atoms with van der Waals surface area (Å²) in [4.78, 5) is 15.5. The molecule has 0 saturated carbocycles. The highest BCUT2D eigenvalue weighted by molar-refractivity contribution is 5.93. The summed E-state index contributed by atoms with van der Waals surface area (Å²) >= 11 is 0. The first-order valence-electron chi connectivity index (χ1n) is 5.78. The van der Waals surface area contributed by atoms with Crippen molar-refractivity contribution in [3.05, 3.63) is 65.7 Å². The molecule has 0 fully saturated rings. The quantitative estimate of drug-likeness (QED) is 0.879. The fourth-order valence-corrected chi connectivity index (χ4v) is 1.59. The Balaban J connectivity index is 1.92. The average Bonchev–Trinajstić information content (AvgIpc) is 2.46. The zero-order valence-corrected chi connectivity index (χ0v) is 10.1. The van der Waals surface area contributed by atoms with Gasteiger partial charge in [-0.15, -0.1) is 0 Å². The number of carbonyl (C=O) groups excluding carboxylic acids is 1. The van der Waals surface area contributed by atoms with E-state index in [0.29, 0.717) is 11.1 Å². The molecule has 5 heteroatoms. The number of nitrogens with zero attached hydrogens (tertiary/aromatic N) is 1. The van der Waals surface area contributed by atoms with Gasteiger partial charge in [0.25, 0.3) is 5.91 Å². The maximum atomic E-state index is 12.7. The summed E-state index contributed by atoms with van der Waals surface area (Å²) in [6, 6.07) is 8.79. The van der Waals surface area contributed by atoms with E-state index in [9.17, 15) is 14.3 Å². The Labute approximate surface area is 109 Å². The van der Waals surface area contributed by atoms with Gasteiger partial charge in [-0.1, -0.05) is 12.1 Å². The fraction of sp³-hybridized carbons (Fsp3) is 0.143. The zero-order chi connectivity index (χ0) is 13.7. The Bertz CT molecular complexity index is 543. The molecule has 0 bridgehead atoms. The molecule has 2 rings (SSSR count). The van der Waals surface area contributed by atoms with Crippen LogP contribution in [0, 0.1) is 5.82 Å². The van der Waals surface area contributed by atoms with Gasteiger partial charge in [0.15, 0.2) is 0 Å². The van der Waals surface area contributed by atoms with Crippen molar-refractivity contribution in [1.29, 1.82) is 0 Å². The van der Waals surface area contributed by atoms with E-state index in [1.807, 2.05) is 0 Å². The zero-order valence-electron chi connectivity index (χ0n) is 10.1. The molecule has 0 saturated heterocycles. The van der Waals surface area contributed by atoms with Crippen LogP contribution in [0.2, 0.25) is 0 Å². The fourth-order valence-electron chi connectivity index (χ4n) is 1.59. The van der Waals surface area contributed by atoms with E-state index in [-0.39, 0.29) is 18.3 Å². The van der Waals surface area contributed by atoms with Crippen molar-refractivity contribution < 1.29 is 14.3 Å². The molecule has 0 aliphatic rings. The number of aromatic nitrogens is 1. The van der Waals surface area contributed by atoms with E-state index < -0.39 is 6.10 Å². The predicted molar refractivity (Wildman–Crippen MR) is 67.9 cm³/mol. The molecule has 1 aromatic heterocycles. The number of amides is 1. The number of benzene rings is 1. The lowest BCUT2D eigenvalue weighted by Crippen LogP contribution is -2.28. The summed E-state index contributed by atoms with van der Waals surface area (Å²) in [5.74, 6) is -0.676. The number of rotatable bonds is 4. The third-order valence-corrected chi connectivity index (χ3v) is 2.63. The molecular weight excluding hydrogens is 247 g/mol. The molecule has 0 spiro atoms. The summed E-state index contributed by atoms with van der Waals surface area (Å²) in [6.07, 6.45) is 2.14. The van der Waals surface area contributed by atoms with Crippen LogP contribution in [-0.2, 0) is 0 Å². The Hall–Kier alpha value is -2.27. The molecule has 0 aliphatic carbocycles. The van der Waals surface area contributed by atoms with Crippen molar-refractivity contribution in [2.45, 2.75) is 6.10 Å². The first kappa shape index (κ1) is 13.2. The van der Waals surface area contributed by atoms with Crippen molar-refractivity contribution in [3.63, 3.8) is 0 Å². The summed E-state index contributed by atoms with van der Waals surface area (Å²) in [5.41, 5.74) is 0.974. The molecule has 4 nitrogen and oxygen atoms in total. The van der Waals surface area contributed by atoms with E-state index >= 15 is 0 Å². The molecule has 19 heavy (non-hydrogen) atoms. The van der Waals surface area contributed by atoms with Gasteiger partial charge in [-0.2, -0.15) is 0 Å². The van der Waals surface area contributed by atoms with Crippen LogP contribution >= 0.6 is 0 Å². The molecule has 1 atom stereocenters. The average molecular weight is 260 g/mol. The van der Waals surface area contributed by atoms with Crippen molar-refractivity contribution in [2.24, 2.45) is 0 Å². The molecule has 0 radical (unpaired) electrons. The Morgan fingerprint density at radius 2 is 2.05 bits per heavy atom. The number of halogens is 1. The van der Waals surface area contributed by atoms with Crippen LogP contribution in [0.15, 0.2) is 48.8 Å². The van der Waals surface area contributed by atoms with Gasteiger partial charge in [-0.3, -0.25) is 9.78 Å². The van der Waals surface area contributed by atoms with Crippen LogP contribution in [0.1, 0.15) is 22.0 Å². The molecule has 1 heterocycles. The summed E-state index contributed by atoms with van der Waals surface area (Å²) < 4.78 is 12.7. The highest BCUT2D eigenvalue weighted by atomic mass is 19.1. The standard InChI is InChI=1S/C14H13FN2O2/c15-12-5-3-10(4-6-12)13(18)9-17-14(19)11-2-1-7-16-8-11/h1-8,13,18H,9H2,(H,17,19). The van der Waals surface area contributed by atoms with Crippen LogP contribution < -0.4 is 5.32 Å². The van der Waals surface area contributed by atoms with Crippen molar-refractivity contribution in [2.75, 3.05) is 6.54 Å². The molecule has 0 aliphatic heterocycles. The number of carbonyl (C=O) groups is 1. The van der Waals surface area contributed by atoms with E-state index in [4.69, 9.17) is 0 Å². The van der Waals surface area contributed by atoms with Gasteiger partial charge in [-0.05, 0) is 29.8 Å². The van der Waals surface area contributed by atoms with Gasteiger partial charge in [0, 0.05) is 18.9 Å². The number of hydrogen-bond acceptors (Lipinski definition) is 3. The number of pyridine rings is 1.